The van der Waals surface area contributed by atoms with Crippen molar-refractivity contribution in [1.82, 2.24) is 15.3 Å². The molecule has 1 N–H and O–H groups in total. The molecule has 0 aromatic carbocycles. The number of nitrogens with one attached hydrogen (secondary N) is 1. The quantitative estimate of drug-likeness (QED) is 0.560. The van der Waals surface area contributed by atoms with Gasteiger partial charge < -0.3 is 10.2 Å². The molecule has 1 aromatic rings. The van der Waals surface area contributed by atoms with Crippen LogP contribution in [-0.2, 0) is 6.54 Å². The first-order valence-corrected chi connectivity index (χ1v) is 8.74. The Balaban J connectivity index is 2.82. The Kier molecular flexibility index (Phi) is 7.92. The molecular formula is C15H28N4S. The summed E-state index contributed by atoms with van der Waals surface area (Å²) in [7, 11) is 0. The minimum atomic E-state index is 0.707. The first-order chi connectivity index (χ1) is 9.65. The van der Waals surface area contributed by atoms with Crippen LogP contribution in [0.2, 0.25) is 0 Å². The minimum Gasteiger partial charge on any atom is -0.357 e. The zero-order chi connectivity index (χ0) is 15.0. The van der Waals surface area contributed by atoms with E-state index < -0.39 is 0 Å². The first kappa shape index (κ1) is 17.2. The van der Waals surface area contributed by atoms with Gasteiger partial charge in [-0.15, -0.1) is 0 Å². The maximum absolute atomic E-state index is 4.69. The van der Waals surface area contributed by atoms with Crippen molar-refractivity contribution in [2.24, 2.45) is 5.92 Å². The van der Waals surface area contributed by atoms with Crippen LogP contribution >= 0.6 is 11.8 Å². The summed E-state index contributed by atoms with van der Waals surface area (Å²) in [6.07, 6.45) is 5.19. The van der Waals surface area contributed by atoms with Crippen LogP contribution in [0.25, 0.3) is 0 Å². The monoisotopic (exact) mass is 296 g/mol. The Labute approximate surface area is 127 Å². The highest BCUT2D eigenvalue weighted by molar-refractivity contribution is 7.98. The van der Waals surface area contributed by atoms with E-state index in [1.807, 2.05) is 12.5 Å². The second-order valence-electron chi connectivity index (χ2n) is 5.02. The molecule has 0 radical (unpaired) electrons. The number of nitrogens with zero attached hydrogens (tertiary/aromatic N) is 3. The molecule has 114 valence electrons. The predicted molar refractivity (Wildman–Crippen MR) is 88.5 cm³/mol. The Morgan fingerprint density at radius 1 is 1.30 bits per heavy atom. The van der Waals surface area contributed by atoms with Crippen molar-refractivity contribution in [3.8, 4) is 0 Å². The molecule has 5 heteroatoms. The third-order valence-corrected chi connectivity index (χ3v) is 4.13. The fourth-order valence-corrected chi connectivity index (χ4v) is 2.34. The number of anilines is 1. The summed E-state index contributed by atoms with van der Waals surface area (Å²) in [6, 6.07) is 0. The van der Waals surface area contributed by atoms with Gasteiger partial charge in [0.1, 0.15) is 5.82 Å². The molecule has 0 spiro atoms. The molecule has 20 heavy (non-hydrogen) atoms. The number of hydrogen-bond donors (Lipinski definition) is 1. The van der Waals surface area contributed by atoms with Crippen LogP contribution in [0.15, 0.2) is 11.4 Å². The van der Waals surface area contributed by atoms with Gasteiger partial charge in [0.2, 0.25) is 0 Å². The Morgan fingerprint density at radius 3 is 2.55 bits per heavy atom. The van der Waals surface area contributed by atoms with Crippen LogP contribution in [0.3, 0.4) is 0 Å². The smallest absolute Gasteiger partial charge is 0.189 e. The van der Waals surface area contributed by atoms with Crippen molar-refractivity contribution in [2.75, 3.05) is 30.8 Å². The highest BCUT2D eigenvalue weighted by Gasteiger charge is 2.12. The molecule has 1 rings (SSSR count). The van der Waals surface area contributed by atoms with Crippen LogP contribution < -0.4 is 10.2 Å². The molecule has 4 nitrogen and oxygen atoms in total. The molecule has 0 bridgehead atoms. The van der Waals surface area contributed by atoms with E-state index >= 15 is 0 Å². The molecule has 0 saturated carbocycles. The summed E-state index contributed by atoms with van der Waals surface area (Å²) in [4.78, 5) is 11.4. The lowest BCUT2D eigenvalue weighted by Gasteiger charge is -2.23. The summed E-state index contributed by atoms with van der Waals surface area (Å²) in [5.74, 6) is 1.78. The average molecular weight is 296 g/mol. The van der Waals surface area contributed by atoms with Crippen LogP contribution in [0.5, 0.6) is 0 Å². The molecule has 1 atom stereocenters. The molecule has 0 aliphatic heterocycles. The van der Waals surface area contributed by atoms with Crippen LogP contribution in [0.1, 0.15) is 39.7 Å². The van der Waals surface area contributed by atoms with E-state index in [0.29, 0.717) is 5.92 Å². The summed E-state index contributed by atoms with van der Waals surface area (Å²) >= 11 is 1.59. The molecule has 0 aliphatic carbocycles. The van der Waals surface area contributed by atoms with Gasteiger partial charge in [-0.2, -0.15) is 0 Å². The topological polar surface area (TPSA) is 41.1 Å². The lowest BCUT2D eigenvalue weighted by Crippen LogP contribution is -2.27. The fraction of sp³-hybridized carbons (Fsp3) is 0.733. The van der Waals surface area contributed by atoms with Crippen molar-refractivity contribution < 1.29 is 0 Å². The average Bonchev–Trinajstić information content (AvgIpc) is 2.49. The molecule has 0 fully saturated rings. The van der Waals surface area contributed by atoms with Crippen molar-refractivity contribution in [1.29, 1.82) is 0 Å². The van der Waals surface area contributed by atoms with E-state index in [0.717, 1.165) is 37.2 Å². The van der Waals surface area contributed by atoms with E-state index in [2.05, 4.69) is 47.9 Å². The zero-order valence-electron chi connectivity index (χ0n) is 13.4. The van der Waals surface area contributed by atoms with E-state index in [9.17, 15) is 0 Å². The van der Waals surface area contributed by atoms with Crippen molar-refractivity contribution >= 4 is 17.6 Å². The van der Waals surface area contributed by atoms with E-state index in [1.54, 1.807) is 11.8 Å². The lowest BCUT2D eigenvalue weighted by atomic mass is 10.1. The first-order valence-electron chi connectivity index (χ1n) is 7.51. The Bertz CT molecular complexity index is 393. The second kappa shape index (κ2) is 9.19. The maximum atomic E-state index is 4.69. The van der Waals surface area contributed by atoms with E-state index in [-0.39, 0.29) is 0 Å². The summed E-state index contributed by atoms with van der Waals surface area (Å²) < 4.78 is 0. The third-order valence-electron chi connectivity index (χ3n) is 3.57. The lowest BCUT2D eigenvalue weighted by molar-refractivity contribution is 0.499. The van der Waals surface area contributed by atoms with Gasteiger partial charge in [-0.1, -0.05) is 32.0 Å². The van der Waals surface area contributed by atoms with Gasteiger partial charge in [-0.25, -0.2) is 9.97 Å². The molecule has 1 aromatic heterocycles. The van der Waals surface area contributed by atoms with Crippen LogP contribution in [-0.4, -0.2) is 35.9 Å². The summed E-state index contributed by atoms with van der Waals surface area (Å²) in [5, 5.41) is 4.36. The van der Waals surface area contributed by atoms with Crippen molar-refractivity contribution in [2.45, 2.75) is 45.8 Å². The van der Waals surface area contributed by atoms with Gasteiger partial charge in [-0.3, -0.25) is 0 Å². The molecule has 1 heterocycles. The van der Waals surface area contributed by atoms with Crippen LogP contribution in [0.4, 0.5) is 5.82 Å². The summed E-state index contributed by atoms with van der Waals surface area (Å²) in [5.41, 5.74) is 1.19. The SMILES string of the molecule is CCC(C)CNCc1cnc(SC)nc1N(CC)CC. The predicted octanol–water partition coefficient (Wildman–Crippen LogP) is 3.18. The largest absolute Gasteiger partial charge is 0.357 e. The normalized spacial score (nSPS) is 12.4. The number of aromatic nitrogens is 2. The van der Waals surface area contributed by atoms with E-state index in [1.165, 1.54) is 12.0 Å². The minimum absolute atomic E-state index is 0.707. The van der Waals surface area contributed by atoms with Gasteiger partial charge in [-0.05, 0) is 32.6 Å². The molecule has 1 unspecified atom stereocenters. The van der Waals surface area contributed by atoms with E-state index in [4.69, 9.17) is 0 Å². The van der Waals surface area contributed by atoms with Crippen molar-refractivity contribution in [3.05, 3.63) is 11.8 Å². The van der Waals surface area contributed by atoms with Gasteiger partial charge in [0.05, 0.1) is 0 Å². The molecular weight excluding hydrogens is 268 g/mol. The molecule has 0 amide bonds. The number of thioether (sulfide) groups is 1. The zero-order valence-corrected chi connectivity index (χ0v) is 14.3. The third kappa shape index (κ3) is 4.94. The number of hydrogen-bond acceptors (Lipinski definition) is 5. The second-order valence-corrected chi connectivity index (χ2v) is 5.80. The number of rotatable bonds is 9. The standard InChI is InChI=1S/C15H28N4S/c1-6-12(4)9-16-10-13-11-17-15(20-5)18-14(13)19(7-2)8-3/h11-12,16H,6-10H2,1-5H3. The molecule has 0 aliphatic rings. The highest BCUT2D eigenvalue weighted by Crippen LogP contribution is 2.20. The van der Waals surface area contributed by atoms with Crippen LogP contribution in [0, 0.1) is 5.92 Å². The van der Waals surface area contributed by atoms with Crippen molar-refractivity contribution in [3.63, 3.8) is 0 Å². The van der Waals surface area contributed by atoms with Gasteiger partial charge >= 0.3 is 0 Å². The van der Waals surface area contributed by atoms with Gasteiger partial charge in [0, 0.05) is 31.4 Å². The summed E-state index contributed by atoms with van der Waals surface area (Å²) in [6.45, 7) is 12.7. The van der Waals surface area contributed by atoms with Gasteiger partial charge in [0.15, 0.2) is 5.16 Å². The Morgan fingerprint density at radius 2 is 2.00 bits per heavy atom. The highest BCUT2D eigenvalue weighted by atomic mass is 32.2. The maximum Gasteiger partial charge on any atom is 0.189 e. The van der Waals surface area contributed by atoms with Gasteiger partial charge in [0.25, 0.3) is 0 Å². The fourth-order valence-electron chi connectivity index (χ4n) is 2.00. The molecule has 0 saturated heterocycles. The Hall–Kier alpha value is -0.810.